The van der Waals surface area contributed by atoms with Gasteiger partial charge in [0.15, 0.2) is 0 Å². The molecule has 1 rings (SSSR count). The third kappa shape index (κ3) is 6.63. The molecular weight excluding hydrogens is 262 g/mol. The van der Waals surface area contributed by atoms with Gasteiger partial charge in [-0.25, -0.2) is 0 Å². The van der Waals surface area contributed by atoms with Crippen LogP contribution in [0.15, 0.2) is 24.3 Å². The minimum absolute atomic E-state index is 0.00425. The number of hydrogen-bond acceptors (Lipinski definition) is 3. The van der Waals surface area contributed by atoms with Gasteiger partial charge in [-0.1, -0.05) is 20.8 Å². The van der Waals surface area contributed by atoms with Gasteiger partial charge < -0.3 is 15.5 Å². The fourth-order valence-electron chi connectivity index (χ4n) is 2.18. The number of nitrogens with zero attached hydrogens (tertiary/aromatic N) is 1. The number of benzene rings is 1. The summed E-state index contributed by atoms with van der Waals surface area (Å²) in [4.78, 5) is 14.4. The number of likely N-dealkylation sites (N-methyl/N-ethyl adjacent to an activating group) is 1. The second-order valence-corrected chi connectivity index (χ2v) is 5.19. The lowest BCUT2D eigenvalue weighted by molar-refractivity contribution is 0.0948. The molecule has 4 heteroatoms. The number of carbonyl (C=O) groups is 1. The van der Waals surface area contributed by atoms with Crippen LogP contribution in [-0.4, -0.2) is 43.5 Å². The highest BCUT2D eigenvalue weighted by atomic mass is 16.1. The molecule has 1 aromatic rings. The van der Waals surface area contributed by atoms with Crippen molar-refractivity contribution in [3.63, 3.8) is 0 Å². The van der Waals surface area contributed by atoms with Crippen molar-refractivity contribution >= 4 is 11.6 Å². The van der Waals surface area contributed by atoms with Crippen molar-refractivity contribution in [2.75, 3.05) is 38.0 Å². The summed E-state index contributed by atoms with van der Waals surface area (Å²) in [6, 6.07) is 7.66. The Balaban J connectivity index is 2.37. The number of amides is 1. The summed E-state index contributed by atoms with van der Waals surface area (Å²) in [5, 5.41) is 6.29. The average molecular weight is 291 g/mol. The molecule has 0 aromatic heterocycles. The molecular formula is C17H29N3O. The van der Waals surface area contributed by atoms with Crippen molar-refractivity contribution in [3.8, 4) is 0 Å². The van der Waals surface area contributed by atoms with E-state index in [1.165, 1.54) is 0 Å². The number of rotatable bonds is 10. The van der Waals surface area contributed by atoms with Crippen molar-refractivity contribution in [3.05, 3.63) is 29.8 Å². The van der Waals surface area contributed by atoms with Crippen LogP contribution in [0.2, 0.25) is 0 Å². The number of hydrogen-bond donors (Lipinski definition) is 2. The Labute approximate surface area is 128 Å². The lowest BCUT2D eigenvalue weighted by Gasteiger charge is -2.19. The Hall–Kier alpha value is -1.55. The van der Waals surface area contributed by atoms with Gasteiger partial charge in [-0.2, -0.15) is 0 Å². The van der Waals surface area contributed by atoms with E-state index >= 15 is 0 Å². The van der Waals surface area contributed by atoms with Crippen molar-refractivity contribution in [1.82, 2.24) is 10.2 Å². The van der Waals surface area contributed by atoms with Crippen LogP contribution in [0.5, 0.6) is 0 Å². The molecule has 0 atom stereocenters. The van der Waals surface area contributed by atoms with Gasteiger partial charge in [-0.05, 0) is 50.2 Å². The summed E-state index contributed by atoms with van der Waals surface area (Å²) in [5.74, 6) is 0.00425. The number of carbonyl (C=O) groups excluding carboxylic acids is 1. The van der Waals surface area contributed by atoms with Gasteiger partial charge in [-0.15, -0.1) is 0 Å². The van der Waals surface area contributed by atoms with Gasteiger partial charge >= 0.3 is 0 Å². The summed E-state index contributed by atoms with van der Waals surface area (Å²) in [7, 11) is 0. The van der Waals surface area contributed by atoms with E-state index in [9.17, 15) is 4.79 Å². The molecule has 118 valence electrons. The maximum Gasteiger partial charge on any atom is 0.251 e. The van der Waals surface area contributed by atoms with Crippen LogP contribution in [0.25, 0.3) is 0 Å². The zero-order valence-electron chi connectivity index (χ0n) is 13.6. The van der Waals surface area contributed by atoms with Crippen molar-refractivity contribution in [2.24, 2.45) is 0 Å². The molecule has 0 fully saturated rings. The standard InChI is InChI=1S/C17H29N3O/c1-4-11-18-16-9-7-15(8-10-16)17(21)19-12-14-20(6-3)13-5-2/h7-10,18H,4-6,11-14H2,1-3H3,(H,19,21). The van der Waals surface area contributed by atoms with Crippen LogP contribution in [0.3, 0.4) is 0 Å². The Morgan fingerprint density at radius 2 is 1.71 bits per heavy atom. The Morgan fingerprint density at radius 3 is 2.29 bits per heavy atom. The first-order valence-corrected chi connectivity index (χ1v) is 8.05. The van der Waals surface area contributed by atoms with Gasteiger partial charge in [0, 0.05) is 30.9 Å². The third-order valence-corrected chi connectivity index (χ3v) is 3.43. The predicted molar refractivity (Wildman–Crippen MR) is 90.0 cm³/mol. The second kappa shape index (κ2) is 10.2. The minimum atomic E-state index is 0.00425. The molecule has 1 amide bonds. The molecule has 2 N–H and O–H groups in total. The summed E-state index contributed by atoms with van der Waals surface area (Å²) in [6.45, 7) is 11.1. The first-order valence-electron chi connectivity index (χ1n) is 8.05. The van der Waals surface area contributed by atoms with Crippen LogP contribution in [0.1, 0.15) is 44.0 Å². The van der Waals surface area contributed by atoms with E-state index in [-0.39, 0.29) is 5.91 Å². The summed E-state index contributed by atoms with van der Waals surface area (Å²) in [6.07, 6.45) is 2.24. The first-order chi connectivity index (χ1) is 10.2. The van der Waals surface area contributed by atoms with Gasteiger partial charge in [-0.3, -0.25) is 4.79 Å². The molecule has 0 spiro atoms. The normalized spacial score (nSPS) is 10.7. The van der Waals surface area contributed by atoms with Gasteiger partial charge in [0.05, 0.1) is 0 Å². The van der Waals surface area contributed by atoms with Gasteiger partial charge in [0.2, 0.25) is 0 Å². The zero-order chi connectivity index (χ0) is 15.5. The summed E-state index contributed by atoms with van der Waals surface area (Å²) in [5.41, 5.74) is 1.78. The molecule has 0 saturated heterocycles. The lowest BCUT2D eigenvalue weighted by Crippen LogP contribution is -2.35. The highest BCUT2D eigenvalue weighted by Crippen LogP contribution is 2.09. The maximum absolute atomic E-state index is 12.0. The topological polar surface area (TPSA) is 44.4 Å². The van der Waals surface area contributed by atoms with Crippen molar-refractivity contribution in [2.45, 2.75) is 33.6 Å². The molecule has 0 heterocycles. The Kier molecular flexibility index (Phi) is 8.51. The smallest absolute Gasteiger partial charge is 0.251 e. The SMILES string of the molecule is CCCNc1ccc(C(=O)NCCN(CC)CCC)cc1. The molecule has 0 radical (unpaired) electrons. The maximum atomic E-state index is 12.0. The van der Waals surface area contributed by atoms with E-state index in [1.54, 1.807) is 0 Å². The fraction of sp³-hybridized carbons (Fsp3) is 0.588. The molecule has 0 aliphatic rings. The summed E-state index contributed by atoms with van der Waals surface area (Å²) >= 11 is 0. The van der Waals surface area contributed by atoms with Gasteiger partial charge in [0.25, 0.3) is 5.91 Å². The average Bonchev–Trinajstić information content (AvgIpc) is 2.52. The van der Waals surface area contributed by atoms with Crippen LogP contribution >= 0.6 is 0 Å². The quantitative estimate of drug-likeness (QED) is 0.696. The minimum Gasteiger partial charge on any atom is -0.385 e. The van der Waals surface area contributed by atoms with E-state index in [0.29, 0.717) is 6.54 Å². The number of anilines is 1. The molecule has 0 aliphatic heterocycles. The molecule has 1 aromatic carbocycles. The van der Waals surface area contributed by atoms with E-state index < -0.39 is 0 Å². The van der Waals surface area contributed by atoms with Crippen molar-refractivity contribution in [1.29, 1.82) is 0 Å². The molecule has 0 bridgehead atoms. The zero-order valence-corrected chi connectivity index (χ0v) is 13.6. The van der Waals surface area contributed by atoms with E-state index in [1.807, 2.05) is 24.3 Å². The highest BCUT2D eigenvalue weighted by Gasteiger charge is 2.06. The molecule has 0 saturated carbocycles. The van der Waals surface area contributed by atoms with Crippen molar-refractivity contribution < 1.29 is 4.79 Å². The van der Waals surface area contributed by atoms with E-state index in [0.717, 1.165) is 50.3 Å². The molecule has 21 heavy (non-hydrogen) atoms. The monoisotopic (exact) mass is 291 g/mol. The summed E-state index contributed by atoms with van der Waals surface area (Å²) < 4.78 is 0. The fourth-order valence-corrected chi connectivity index (χ4v) is 2.18. The molecule has 4 nitrogen and oxygen atoms in total. The largest absolute Gasteiger partial charge is 0.385 e. The number of nitrogens with one attached hydrogen (secondary N) is 2. The highest BCUT2D eigenvalue weighted by molar-refractivity contribution is 5.94. The van der Waals surface area contributed by atoms with E-state index in [4.69, 9.17) is 0 Å². The third-order valence-electron chi connectivity index (χ3n) is 3.43. The van der Waals surface area contributed by atoms with Crippen LogP contribution in [0.4, 0.5) is 5.69 Å². The van der Waals surface area contributed by atoms with Crippen LogP contribution in [0, 0.1) is 0 Å². The Morgan fingerprint density at radius 1 is 1.00 bits per heavy atom. The molecule has 0 aliphatic carbocycles. The van der Waals surface area contributed by atoms with Crippen LogP contribution in [-0.2, 0) is 0 Å². The van der Waals surface area contributed by atoms with Crippen LogP contribution < -0.4 is 10.6 Å². The first kappa shape index (κ1) is 17.5. The second-order valence-electron chi connectivity index (χ2n) is 5.19. The predicted octanol–water partition coefficient (Wildman–Crippen LogP) is 2.97. The lowest BCUT2D eigenvalue weighted by atomic mass is 10.2. The van der Waals surface area contributed by atoms with E-state index in [2.05, 4.69) is 36.3 Å². The van der Waals surface area contributed by atoms with Gasteiger partial charge in [0.1, 0.15) is 0 Å². The Bertz CT molecular complexity index is 403. The molecule has 0 unspecified atom stereocenters.